The number of ketones is 2. The fourth-order valence-corrected chi connectivity index (χ4v) is 7.67. The first-order chi connectivity index (χ1) is 29.6. The Morgan fingerprint density at radius 3 is 1.68 bits per heavy atom. The van der Waals surface area contributed by atoms with E-state index in [0.717, 1.165) is 75.6 Å². The number of aromatic nitrogens is 4. The summed E-state index contributed by atoms with van der Waals surface area (Å²) in [7, 11) is 1.45. The molecule has 3 aliphatic heterocycles. The van der Waals surface area contributed by atoms with Crippen molar-refractivity contribution in [1.82, 2.24) is 24.8 Å². The van der Waals surface area contributed by atoms with Crippen molar-refractivity contribution in [3.8, 4) is 12.0 Å². The first kappa shape index (κ1) is 49.5. The van der Waals surface area contributed by atoms with Gasteiger partial charge in [0.15, 0.2) is 11.6 Å². The Kier molecular flexibility index (Phi) is 18.8. The van der Waals surface area contributed by atoms with Crippen LogP contribution in [-0.2, 0) is 51.6 Å². The van der Waals surface area contributed by atoms with E-state index >= 15 is 0 Å². The highest BCUT2D eigenvalue weighted by Crippen LogP contribution is 2.32. The minimum absolute atomic E-state index is 0. The number of nitrogen functional groups attached to an aromatic ring is 2. The quantitative estimate of drug-likeness (QED) is 0.0729. The number of anilines is 4. The lowest BCUT2D eigenvalue weighted by atomic mass is 9.96. The fourth-order valence-electron chi connectivity index (χ4n) is 7.67. The summed E-state index contributed by atoms with van der Waals surface area (Å²) in [5.74, 6) is 1.94. The molecule has 0 aliphatic carbocycles. The van der Waals surface area contributed by atoms with Crippen LogP contribution >= 0.6 is 0 Å². The molecule has 4 aromatic rings. The summed E-state index contributed by atoms with van der Waals surface area (Å²) in [5, 5.41) is 0. The van der Waals surface area contributed by atoms with Crippen LogP contribution in [0.1, 0.15) is 105 Å². The van der Waals surface area contributed by atoms with E-state index in [2.05, 4.69) is 56.9 Å². The van der Waals surface area contributed by atoms with E-state index in [-0.39, 0.29) is 82.1 Å². The molecule has 340 valence electrons. The summed E-state index contributed by atoms with van der Waals surface area (Å²) in [6.07, 6.45) is 6.76. The van der Waals surface area contributed by atoms with Gasteiger partial charge < -0.3 is 35.5 Å². The topological polar surface area (TPSA) is 209 Å². The van der Waals surface area contributed by atoms with E-state index in [1.54, 1.807) is 12.1 Å². The van der Waals surface area contributed by atoms with Crippen molar-refractivity contribution in [2.24, 2.45) is 5.92 Å². The molecule has 0 saturated carbocycles. The van der Waals surface area contributed by atoms with Gasteiger partial charge in [-0.25, -0.2) is 0 Å². The van der Waals surface area contributed by atoms with Crippen molar-refractivity contribution in [3.05, 3.63) is 81.9 Å². The molecule has 7 rings (SSSR count). The second-order valence-electron chi connectivity index (χ2n) is 15.7. The molecule has 2 aromatic carbocycles. The maximum atomic E-state index is 12.5. The summed E-state index contributed by atoms with van der Waals surface area (Å²) in [5.41, 5.74) is 17.4. The van der Waals surface area contributed by atoms with Crippen LogP contribution in [0.5, 0.6) is 12.0 Å². The van der Waals surface area contributed by atoms with Crippen molar-refractivity contribution >= 4 is 47.1 Å². The summed E-state index contributed by atoms with van der Waals surface area (Å²) in [6, 6.07) is 16.2. The zero-order valence-corrected chi connectivity index (χ0v) is 35.4. The average Bonchev–Trinajstić information content (AvgIpc) is 3.25. The van der Waals surface area contributed by atoms with Crippen molar-refractivity contribution in [2.75, 3.05) is 67.8 Å². The van der Waals surface area contributed by atoms with Crippen LogP contribution in [0.25, 0.3) is 0 Å². The third-order valence-corrected chi connectivity index (χ3v) is 10.9. The van der Waals surface area contributed by atoms with Crippen LogP contribution in [-0.4, -0.2) is 95.2 Å². The predicted molar refractivity (Wildman–Crippen MR) is 245 cm³/mol. The zero-order valence-electron chi connectivity index (χ0n) is 35.4. The predicted octanol–water partition coefficient (Wildman–Crippen LogP) is 6.21. The Hall–Kier alpha value is -6.16. The van der Waals surface area contributed by atoms with Gasteiger partial charge in [0.25, 0.3) is 0 Å². The number of benzene rings is 2. The Morgan fingerprint density at radius 1 is 0.730 bits per heavy atom. The van der Waals surface area contributed by atoms with Gasteiger partial charge in [-0.3, -0.25) is 24.1 Å². The lowest BCUT2D eigenvalue weighted by Gasteiger charge is -2.31. The molecule has 1 fully saturated rings. The number of piperidine rings is 1. The molecule has 2 aromatic heterocycles. The SMILES string of the molecule is C.C.CCCCOc1nc(N)c2c(n1)N(Cc1cccc(C=O)c1)CC(=O)C2.CCCCOc1nc(N)c2c(n1)N(Cc1cccc(CN3CCC(C(=O)OC)CC3)c1)CC(=O)C2. The fraction of sp³-hybridized carbons (Fsp3) is 0.489. The number of carbonyl (C=O) groups excluding carboxylic acids is 4. The number of esters is 1. The van der Waals surface area contributed by atoms with Gasteiger partial charge in [0.1, 0.15) is 29.6 Å². The lowest BCUT2D eigenvalue weighted by Crippen LogP contribution is -2.37. The van der Waals surface area contributed by atoms with Crippen molar-refractivity contribution < 1.29 is 33.4 Å². The molecule has 0 spiro atoms. The number of unbranched alkanes of at least 4 members (excludes halogenated alkanes) is 2. The number of aldehydes is 1. The highest BCUT2D eigenvalue weighted by Gasteiger charge is 2.30. The second-order valence-corrected chi connectivity index (χ2v) is 15.7. The van der Waals surface area contributed by atoms with E-state index in [4.69, 9.17) is 25.7 Å². The number of rotatable bonds is 16. The number of carbonyl (C=O) groups is 4. The zero-order chi connectivity index (χ0) is 43.3. The lowest BCUT2D eigenvalue weighted by molar-refractivity contribution is -0.147. The molecule has 1 saturated heterocycles. The van der Waals surface area contributed by atoms with Gasteiger partial charge in [-0.2, -0.15) is 19.9 Å². The second kappa shape index (κ2) is 23.9. The number of likely N-dealkylation sites (tertiary alicyclic amines) is 1. The molecule has 0 atom stereocenters. The molecule has 63 heavy (non-hydrogen) atoms. The van der Waals surface area contributed by atoms with Gasteiger partial charge in [0.2, 0.25) is 0 Å². The Bertz CT molecular complexity index is 2180. The van der Waals surface area contributed by atoms with Gasteiger partial charge in [0.05, 0.1) is 39.3 Å². The normalized spacial score (nSPS) is 14.8. The number of hydrogen-bond donors (Lipinski definition) is 2. The van der Waals surface area contributed by atoms with Gasteiger partial charge in [-0.05, 0) is 61.5 Å². The molecule has 3 aliphatic rings. The summed E-state index contributed by atoms with van der Waals surface area (Å²) >= 11 is 0. The number of fused-ring (bicyclic) bond motifs is 2. The standard InChI is InChI=1S/C26H35N5O4.C19H22N4O3.2CH4/c1-3-4-12-35-26-28-23(27)22-14-21(32)17-31(24(22)29-26)16-19-7-5-6-18(13-19)15-30-10-8-20(9-11-30)25(33)34-2;1-2-3-7-26-19-21-17(20)16-9-15(25)11-23(18(16)22-19)10-13-5-4-6-14(8-13)12-24;;/h5-7,13,20H,3-4,8-12,14-17H2,1-2H3,(H2,27,28,29);4-6,8,12H,2-3,7,9-11H2,1H3,(H2,20,21,22);2*1H4. The van der Waals surface area contributed by atoms with Crippen molar-refractivity contribution in [3.63, 3.8) is 0 Å². The minimum Gasteiger partial charge on any atom is -0.469 e. The minimum atomic E-state index is -0.105. The number of methoxy groups -OCH3 is 1. The molecular weight excluding hydrogens is 803 g/mol. The first-order valence-electron chi connectivity index (χ1n) is 21.1. The molecule has 4 N–H and O–H groups in total. The number of hydrogen-bond acceptors (Lipinski definition) is 16. The Morgan fingerprint density at radius 2 is 1.21 bits per heavy atom. The highest BCUT2D eigenvalue weighted by atomic mass is 16.5. The van der Waals surface area contributed by atoms with E-state index < -0.39 is 0 Å². The maximum Gasteiger partial charge on any atom is 0.320 e. The Balaban J connectivity index is 0.000000279. The third-order valence-electron chi connectivity index (χ3n) is 10.9. The van der Waals surface area contributed by atoms with E-state index in [1.165, 1.54) is 12.7 Å². The number of nitrogens with two attached hydrogens (primary N) is 2. The molecular formula is C47H65N9O7. The van der Waals surface area contributed by atoms with E-state index in [0.29, 0.717) is 60.4 Å². The van der Waals surface area contributed by atoms with Crippen LogP contribution in [0.3, 0.4) is 0 Å². The molecule has 0 radical (unpaired) electrons. The molecule has 5 heterocycles. The van der Waals surface area contributed by atoms with Gasteiger partial charge >= 0.3 is 18.0 Å². The number of nitrogens with zero attached hydrogens (tertiary/aromatic N) is 7. The van der Waals surface area contributed by atoms with E-state index in [1.807, 2.05) is 28.0 Å². The van der Waals surface area contributed by atoms with E-state index in [9.17, 15) is 19.2 Å². The smallest absolute Gasteiger partial charge is 0.320 e. The van der Waals surface area contributed by atoms with Crippen LogP contribution in [0.2, 0.25) is 0 Å². The van der Waals surface area contributed by atoms with Crippen LogP contribution in [0.15, 0.2) is 48.5 Å². The largest absolute Gasteiger partial charge is 0.469 e. The van der Waals surface area contributed by atoms with Gasteiger partial charge in [-0.15, -0.1) is 0 Å². The number of ether oxygens (including phenoxy) is 3. The first-order valence-corrected chi connectivity index (χ1v) is 21.1. The summed E-state index contributed by atoms with van der Waals surface area (Å²) < 4.78 is 16.2. The molecule has 0 amide bonds. The number of Topliss-reactive ketones (excluding diaryl/α,β-unsaturated/α-hetero) is 2. The molecule has 16 heteroatoms. The van der Waals surface area contributed by atoms with Gasteiger partial charge in [0, 0.05) is 49.2 Å². The Labute approximate surface area is 371 Å². The van der Waals surface area contributed by atoms with Crippen LogP contribution in [0.4, 0.5) is 23.3 Å². The maximum absolute atomic E-state index is 12.5. The van der Waals surface area contributed by atoms with Crippen LogP contribution < -0.4 is 30.7 Å². The molecule has 16 nitrogen and oxygen atoms in total. The molecule has 0 unspecified atom stereocenters. The van der Waals surface area contributed by atoms with Crippen molar-refractivity contribution in [2.45, 2.75) is 99.7 Å². The highest BCUT2D eigenvalue weighted by molar-refractivity contribution is 5.92. The third kappa shape index (κ3) is 13.4. The molecule has 0 bridgehead atoms. The summed E-state index contributed by atoms with van der Waals surface area (Å²) in [4.78, 5) is 71.2. The summed E-state index contributed by atoms with van der Waals surface area (Å²) in [6.45, 7) is 9.30. The monoisotopic (exact) mass is 868 g/mol. The van der Waals surface area contributed by atoms with Gasteiger partial charge in [-0.1, -0.05) is 84.0 Å². The van der Waals surface area contributed by atoms with Crippen LogP contribution in [0, 0.1) is 5.92 Å². The van der Waals surface area contributed by atoms with Crippen molar-refractivity contribution in [1.29, 1.82) is 0 Å². The average molecular weight is 868 g/mol.